The standard InChI is InChI=1S/C13H23BrFNO4/c1-4-20-12(19)10(7-13(2,3)15)16-11(18)6-5-9(17)8-14/h9-10,17H,4-8H2,1-3H3,(H,16,18)/t9?,10-/m0/s1. The van der Waals surface area contributed by atoms with Gasteiger partial charge in [0.05, 0.1) is 12.7 Å². The van der Waals surface area contributed by atoms with Gasteiger partial charge in [0.25, 0.3) is 0 Å². The van der Waals surface area contributed by atoms with Crippen LogP contribution in [0.25, 0.3) is 0 Å². The van der Waals surface area contributed by atoms with Gasteiger partial charge in [-0.1, -0.05) is 15.9 Å². The molecule has 0 spiro atoms. The van der Waals surface area contributed by atoms with E-state index in [-0.39, 0.29) is 25.9 Å². The number of carbonyl (C=O) groups excluding carboxylic acids is 2. The third kappa shape index (κ3) is 9.25. The highest BCUT2D eigenvalue weighted by Crippen LogP contribution is 2.17. The quantitative estimate of drug-likeness (QED) is 0.487. The number of aliphatic hydroxyl groups excluding tert-OH is 1. The molecule has 0 aliphatic carbocycles. The molecule has 20 heavy (non-hydrogen) atoms. The van der Waals surface area contributed by atoms with Crippen LogP contribution in [0.4, 0.5) is 4.39 Å². The molecule has 0 aliphatic rings. The minimum absolute atomic E-state index is 0.0649. The zero-order valence-corrected chi connectivity index (χ0v) is 13.7. The molecule has 0 heterocycles. The molecule has 1 unspecified atom stereocenters. The Hall–Kier alpha value is -0.690. The van der Waals surface area contributed by atoms with E-state index in [1.54, 1.807) is 6.92 Å². The SMILES string of the molecule is CCOC(=O)[C@H](CC(C)(C)F)NC(=O)CCC(O)CBr. The van der Waals surface area contributed by atoms with Crippen LogP contribution in [0.5, 0.6) is 0 Å². The van der Waals surface area contributed by atoms with Crippen molar-refractivity contribution in [1.82, 2.24) is 5.32 Å². The molecule has 0 saturated heterocycles. The van der Waals surface area contributed by atoms with Crippen molar-refractivity contribution in [3.63, 3.8) is 0 Å². The number of esters is 1. The Morgan fingerprint density at radius 3 is 2.50 bits per heavy atom. The topological polar surface area (TPSA) is 75.6 Å². The van der Waals surface area contributed by atoms with E-state index in [1.165, 1.54) is 13.8 Å². The Balaban J connectivity index is 4.48. The third-order valence-corrected chi connectivity index (χ3v) is 3.23. The maximum atomic E-state index is 13.7. The van der Waals surface area contributed by atoms with Crippen LogP contribution in [0.15, 0.2) is 0 Å². The van der Waals surface area contributed by atoms with E-state index in [1.807, 2.05) is 0 Å². The van der Waals surface area contributed by atoms with Gasteiger partial charge < -0.3 is 15.2 Å². The summed E-state index contributed by atoms with van der Waals surface area (Å²) in [5.74, 6) is -1.06. The molecule has 5 nitrogen and oxygen atoms in total. The van der Waals surface area contributed by atoms with Gasteiger partial charge in [0, 0.05) is 18.2 Å². The minimum atomic E-state index is -1.60. The van der Waals surface area contributed by atoms with E-state index in [0.29, 0.717) is 5.33 Å². The summed E-state index contributed by atoms with van der Waals surface area (Å²) < 4.78 is 18.5. The van der Waals surface area contributed by atoms with Crippen LogP contribution >= 0.6 is 15.9 Å². The van der Waals surface area contributed by atoms with Crippen LogP contribution in [-0.4, -0.2) is 46.7 Å². The van der Waals surface area contributed by atoms with Crippen LogP contribution < -0.4 is 5.32 Å². The Labute approximate surface area is 127 Å². The van der Waals surface area contributed by atoms with Crippen LogP contribution in [0, 0.1) is 0 Å². The lowest BCUT2D eigenvalue weighted by Crippen LogP contribution is -2.45. The maximum Gasteiger partial charge on any atom is 0.328 e. The molecule has 2 N–H and O–H groups in total. The summed E-state index contributed by atoms with van der Waals surface area (Å²) in [5.41, 5.74) is -1.60. The lowest BCUT2D eigenvalue weighted by atomic mass is 10.0. The summed E-state index contributed by atoms with van der Waals surface area (Å²) in [6, 6.07) is -1.01. The molecule has 2 atom stereocenters. The fraction of sp³-hybridized carbons (Fsp3) is 0.846. The first-order chi connectivity index (χ1) is 9.19. The monoisotopic (exact) mass is 355 g/mol. The van der Waals surface area contributed by atoms with Gasteiger partial charge in [0.1, 0.15) is 11.7 Å². The van der Waals surface area contributed by atoms with Crippen LogP contribution in [0.1, 0.15) is 40.0 Å². The second-order valence-electron chi connectivity index (χ2n) is 5.14. The molecular formula is C13H23BrFNO4. The smallest absolute Gasteiger partial charge is 0.328 e. The molecule has 7 heteroatoms. The van der Waals surface area contributed by atoms with Gasteiger partial charge >= 0.3 is 5.97 Å². The van der Waals surface area contributed by atoms with E-state index in [0.717, 1.165) is 0 Å². The van der Waals surface area contributed by atoms with Gasteiger partial charge in [-0.25, -0.2) is 9.18 Å². The lowest BCUT2D eigenvalue weighted by Gasteiger charge is -2.22. The number of aliphatic hydroxyl groups is 1. The summed E-state index contributed by atoms with van der Waals surface area (Å²) in [6.07, 6.45) is -0.445. The van der Waals surface area contributed by atoms with Gasteiger partial charge in [-0.15, -0.1) is 0 Å². The van der Waals surface area contributed by atoms with E-state index < -0.39 is 29.7 Å². The number of amides is 1. The summed E-state index contributed by atoms with van der Waals surface area (Å²) in [5, 5.41) is 12.2. The van der Waals surface area contributed by atoms with Gasteiger partial charge in [-0.05, 0) is 27.2 Å². The lowest BCUT2D eigenvalue weighted by molar-refractivity contribution is -0.148. The van der Waals surface area contributed by atoms with Crippen molar-refractivity contribution in [2.45, 2.75) is 57.8 Å². The molecule has 0 aromatic rings. The Morgan fingerprint density at radius 1 is 1.45 bits per heavy atom. The zero-order valence-electron chi connectivity index (χ0n) is 12.1. The third-order valence-electron chi connectivity index (χ3n) is 2.48. The van der Waals surface area contributed by atoms with E-state index in [9.17, 15) is 19.1 Å². The van der Waals surface area contributed by atoms with Crippen molar-refractivity contribution >= 4 is 27.8 Å². The number of hydrogen-bond acceptors (Lipinski definition) is 4. The fourth-order valence-electron chi connectivity index (χ4n) is 1.56. The number of carbonyl (C=O) groups is 2. The Kier molecular flexibility index (Phi) is 8.96. The molecule has 0 saturated carbocycles. The second-order valence-corrected chi connectivity index (χ2v) is 5.79. The first kappa shape index (κ1) is 19.3. The molecule has 0 radical (unpaired) electrons. The summed E-state index contributed by atoms with van der Waals surface area (Å²) in [4.78, 5) is 23.4. The molecule has 118 valence electrons. The van der Waals surface area contributed by atoms with Gasteiger partial charge in [-0.2, -0.15) is 0 Å². The maximum absolute atomic E-state index is 13.7. The average molecular weight is 356 g/mol. The molecule has 0 aromatic heterocycles. The molecular weight excluding hydrogens is 333 g/mol. The van der Waals surface area contributed by atoms with Crippen molar-refractivity contribution in [2.75, 3.05) is 11.9 Å². The first-order valence-electron chi connectivity index (χ1n) is 6.58. The number of hydrogen-bond donors (Lipinski definition) is 2. The van der Waals surface area contributed by atoms with Crippen molar-refractivity contribution in [3.8, 4) is 0 Å². The minimum Gasteiger partial charge on any atom is -0.464 e. The highest BCUT2D eigenvalue weighted by atomic mass is 79.9. The number of ether oxygens (including phenoxy) is 1. The molecule has 1 amide bonds. The number of nitrogens with one attached hydrogen (secondary N) is 1. The van der Waals surface area contributed by atoms with Crippen molar-refractivity contribution in [2.24, 2.45) is 0 Å². The summed E-state index contributed by atoms with van der Waals surface area (Å²) in [6.45, 7) is 4.48. The predicted molar refractivity (Wildman–Crippen MR) is 77.4 cm³/mol. The highest BCUT2D eigenvalue weighted by molar-refractivity contribution is 9.09. The van der Waals surface area contributed by atoms with Gasteiger partial charge in [0.2, 0.25) is 5.91 Å². The number of halogens is 2. The molecule has 0 aliphatic heterocycles. The Morgan fingerprint density at radius 2 is 2.05 bits per heavy atom. The van der Waals surface area contributed by atoms with Crippen molar-refractivity contribution in [1.29, 1.82) is 0 Å². The average Bonchev–Trinajstić information content (AvgIpc) is 2.33. The van der Waals surface area contributed by atoms with E-state index in [4.69, 9.17) is 4.74 Å². The summed E-state index contributed by atoms with van der Waals surface area (Å²) in [7, 11) is 0. The van der Waals surface area contributed by atoms with Crippen molar-refractivity contribution < 1.29 is 23.8 Å². The molecule has 0 bridgehead atoms. The van der Waals surface area contributed by atoms with Crippen LogP contribution in [0.3, 0.4) is 0 Å². The molecule has 0 aromatic carbocycles. The van der Waals surface area contributed by atoms with Crippen molar-refractivity contribution in [3.05, 3.63) is 0 Å². The van der Waals surface area contributed by atoms with Crippen LogP contribution in [-0.2, 0) is 14.3 Å². The van der Waals surface area contributed by atoms with E-state index >= 15 is 0 Å². The number of rotatable bonds is 9. The normalized spacial score (nSPS) is 14.5. The largest absolute Gasteiger partial charge is 0.464 e. The van der Waals surface area contributed by atoms with Crippen LogP contribution in [0.2, 0.25) is 0 Å². The number of alkyl halides is 2. The fourth-order valence-corrected chi connectivity index (χ4v) is 1.89. The van der Waals surface area contributed by atoms with Gasteiger partial charge in [0.15, 0.2) is 0 Å². The predicted octanol–water partition coefficient (Wildman–Crippen LogP) is 1.71. The first-order valence-corrected chi connectivity index (χ1v) is 7.70. The highest BCUT2D eigenvalue weighted by Gasteiger charge is 2.30. The van der Waals surface area contributed by atoms with Gasteiger partial charge in [-0.3, -0.25) is 4.79 Å². The molecule has 0 fully saturated rings. The zero-order chi connectivity index (χ0) is 15.8. The van der Waals surface area contributed by atoms with E-state index in [2.05, 4.69) is 21.2 Å². The second kappa shape index (κ2) is 9.28. The Bertz CT molecular complexity index is 320. The molecule has 0 rings (SSSR count). The summed E-state index contributed by atoms with van der Waals surface area (Å²) >= 11 is 3.09.